The van der Waals surface area contributed by atoms with Crippen molar-refractivity contribution in [1.29, 1.82) is 0 Å². The zero-order valence-electron chi connectivity index (χ0n) is 3.70. The van der Waals surface area contributed by atoms with Crippen LogP contribution in [0.25, 0.3) is 0 Å². The Morgan fingerprint density at radius 1 is 1.67 bits per heavy atom. The van der Waals surface area contributed by atoms with Crippen LogP contribution in [0, 0.1) is 18.3 Å². The van der Waals surface area contributed by atoms with E-state index in [1.54, 1.807) is 5.92 Å². The van der Waals surface area contributed by atoms with Crippen molar-refractivity contribution in [3.63, 3.8) is 0 Å². The highest BCUT2D eigenvalue weighted by molar-refractivity contribution is 5.25. The van der Waals surface area contributed by atoms with Crippen LogP contribution in [-0.4, -0.2) is 0 Å². The fourth-order valence-corrected chi connectivity index (χ4v) is 1.07. The highest BCUT2D eigenvalue weighted by Gasteiger charge is 2.39. The van der Waals surface area contributed by atoms with E-state index in [1.807, 2.05) is 0 Å². The van der Waals surface area contributed by atoms with Gasteiger partial charge >= 0.3 is 0 Å². The third-order valence-electron chi connectivity index (χ3n) is 1.83. The van der Waals surface area contributed by atoms with Crippen molar-refractivity contribution in [1.82, 2.24) is 0 Å². The molecule has 1 unspecified atom stereocenters. The lowest BCUT2D eigenvalue weighted by atomic mass is 9.60. The Bertz CT molecular complexity index is 48.4. The molecule has 1 atom stereocenters. The van der Waals surface area contributed by atoms with E-state index in [0.717, 1.165) is 5.92 Å². The highest BCUT2D eigenvalue weighted by Crippen LogP contribution is 2.50. The summed E-state index contributed by atoms with van der Waals surface area (Å²) in [4.78, 5) is 0. The molecule has 2 rings (SSSR count). The molecule has 2 saturated carbocycles. The first-order valence-electron chi connectivity index (χ1n) is 2.56. The van der Waals surface area contributed by atoms with Crippen molar-refractivity contribution in [3.8, 4) is 0 Å². The van der Waals surface area contributed by atoms with Gasteiger partial charge in [0.1, 0.15) is 0 Å². The fraction of sp³-hybridized carbons (Fsp3) is 0.667. The van der Waals surface area contributed by atoms with Crippen LogP contribution in [0.1, 0.15) is 19.3 Å². The van der Waals surface area contributed by atoms with Crippen LogP contribution in [0.15, 0.2) is 0 Å². The lowest BCUT2D eigenvalue weighted by Gasteiger charge is -2.44. The maximum absolute atomic E-state index is 3.26. The Balaban J connectivity index is 2.03. The molecule has 2 aliphatic rings. The first kappa shape index (κ1) is 3.06. The molecule has 0 aromatic heterocycles. The van der Waals surface area contributed by atoms with Crippen molar-refractivity contribution >= 4 is 0 Å². The largest absolute Gasteiger partial charge is 0.0493 e. The Hall–Kier alpha value is 0. The molecule has 0 aromatic carbocycles. The number of fused-ring (bicyclic) bond motifs is 1. The Labute approximate surface area is 38.6 Å². The third kappa shape index (κ3) is 0.184. The van der Waals surface area contributed by atoms with Crippen LogP contribution in [0.4, 0.5) is 0 Å². The summed E-state index contributed by atoms with van der Waals surface area (Å²) in [6.07, 6.45) is 7.36. The maximum atomic E-state index is 3.26. The van der Waals surface area contributed by atoms with Gasteiger partial charge in [-0.2, -0.15) is 0 Å². The van der Waals surface area contributed by atoms with Gasteiger partial charge in [0.05, 0.1) is 0 Å². The Kier molecular flexibility index (Phi) is 0.408. The average Bonchev–Trinajstić information content (AvgIpc) is 1.54. The van der Waals surface area contributed by atoms with Crippen molar-refractivity contribution in [2.24, 2.45) is 5.92 Å². The van der Waals surface area contributed by atoms with E-state index in [0.29, 0.717) is 0 Å². The molecule has 2 aliphatic carbocycles. The van der Waals surface area contributed by atoms with Gasteiger partial charge in [0.2, 0.25) is 0 Å². The molecule has 0 aliphatic heterocycles. The van der Waals surface area contributed by atoms with E-state index in [-0.39, 0.29) is 0 Å². The van der Waals surface area contributed by atoms with Crippen LogP contribution in [0.5, 0.6) is 0 Å². The summed E-state index contributed by atoms with van der Waals surface area (Å²) >= 11 is 0. The van der Waals surface area contributed by atoms with Gasteiger partial charge in [0.25, 0.3) is 0 Å². The molecule has 0 nitrogen and oxygen atoms in total. The van der Waals surface area contributed by atoms with E-state index in [1.165, 1.54) is 19.3 Å². The topological polar surface area (TPSA) is 0 Å². The predicted octanol–water partition coefficient (Wildman–Crippen LogP) is 1.46. The fourth-order valence-electron chi connectivity index (χ4n) is 1.07. The predicted molar refractivity (Wildman–Crippen MR) is 23.8 cm³/mol. The van der Waals surface area contributed by atoms with Gasteiger partial charge in [-0.3, -0.25) is 0 Å². The summed E-state index contributed by atoms with van der Waals surface area (Å²) in [5.41, 5.74) is 0. The van der Waals surface area contributed by atoms with Crippen molar-refractivity contribution in [2.45, 2.75) is 19.3 Å². The van der Waals surface area contributed by atoms with Gasteiger partial charge in [-0.1, -0.05) is 0 Å². The van der Waals surface area contributed by atoms with Crippen LogP contribution >= 0.6 is 0 Å². The van der Waals surface area contributed by atoms with Crippen LogP contribution < -0.4 is 0 Å². The second-order valence-corrected chi connectivity index (χ2v) is 2.14. The molecule has 0 amide bonds. The van der Waals surface area contributed by atoms with Crippen LogP contribution in [0.3, 0.4) is 0 Å². The van der Waals surface area contributed by atoms with Gasteiger partial charge in [-0.05, 0) is 37.5 Å². The molecule has 0 spiro atoms. The van der Waals surface area contributed by atoms with Crippen molar-refractivity contribution in [2.75, 3.05) is 0 Å². The molecule has 3 radical (unpaired) electrons. The maximum Gasteiger partial charge on any atom is -0.00940 e. The van der Waals surface area contributed by atoms with Crippen molar-refractivity contribution < 1.29 is 0 Å². The zero-order chi connectivity index (χ0) is 3.98. The summed E-state index contributed by atoms with van der Waals surface area (Å²) < 4.78 is 0. The molecule has 0 aromatic rings. The molecule has 6 heavy (non-hydrogen) atoms. The summed E-state index contributed by atoms with van der Waals surface area (Å²) in [7, 11) is 0. The SMILES string of the molecule is [C]1CC2CC[C]12. The summed E-state index contributed by atoms with van der Waals surface area (Å²) in [6.45, 7) is 0. The van der Waals surface area contributed by atoms with E-state index < -0.39 is 0 Å². The molecule has 2 fully saturated rings. The minimum Gasteiger partial charge on any atom is -0.0493 e. The van der Waals surface area contributed by atoms with Gasteiger partial charge in [-0.15, -0.1) is 0 Å². The molecule has 0 bridgehead atoms. The first-order chi connectivity index (χ1) is 2.97. The number of hydrogen-bond donors (Lipinski definition) is 0. The summed E-state index contributed by atoms with van der Waals surface area (Å²) in [5, 5.41) is 0. The van der Waals surface area contributed by atoms with Crippen molar-refractivity contribution in [3.05, 3.63) is 12.3 Å². The standard InChI is InChI=1S/C6H7/c1-2-6-4-3-5(1)6/h5H,1-3H2. The zero-order valence-corrected chi connectivity index (χ0v) is 3.70. The molecule has 0 heteroatoms. The third-order valence-corrected chi connectivity index (χ3v) is 1.83. The van der Waals surface area contributed by atoms with E-state index in [9.17, 15) is 0 Å². The van der Waals surface area contributed by atoms with E-state index >= 15 is 0 Å². The van der Waals surface area contributed by atoms with Crippen LogP contribution in [0.2, 0.25) is 0 Å². The Morgan fingerprint density at radius 2 is 2.50 bits per heavy atom. The molecular formula is C6H7. The van der Waals surface area contributed by atoms with Crippen LogP contribution in [-0.2, 0) is 0 Å². The average molecular weight is 79.1 g/mol. The number of hydrogen-bond acceptors (Lipinski definition) is 0. The van der Waals surface area contributed by atoms with E-state index in [4.69, 9.17) is 0 Å². The molecule has 31 valence electrons. The quantitative estimate of drug-likeness (QED) is 0.412. The molecule has 0 heterocycles. The monoisotopic (exact) mass is 79.1 g/mol. The normalized spacial score (nSPS) is 34.0. The molecular weight excluding hydrogens is 72.1 g/mol. The van der Waals surface area contributed by atoms with E-state index in [2.05, 4.69) is 6.42 Å². The number of rotatable bonds is 0. The lowest BCUT2D eigenvalue weighted by molar-refractivity contribution is 0.292. The Morgan fingerprint density at radius 3 is 2.50 bits per heavy atom. The summed E-state index contributed by atoms with van der Waals surface area (Å²) in [6, 6.07) is 0. The van der Waals surface area contributed by atoms with Gasteiger partial charge in [0, 0.05) is 0 Å². The second-order valence-electron chi connectivity index (χ2n) is 2.14. The van der Waals surface area contributed by atoms with Gasteiger partial charge in [0.15, 0.2) is 0 Å². The highest BCUT2D eigenvalue weighted by atomic mass is 14.4. The van der Waals surface area contributed by atoms with Gasteiger partial charge in [-0.25, -0.2) is 0 Å². The second kappa shape index (κ2) is 0.800. The molecule has 0 N–H and O–H groups in total. The van der Waals surface area contributed by atoms with Gasteiger partial charge < -0.3 is 0 Å². The lowest BCUT2D eigenvalue weighted by Crippen LogP contribution is -2.33. The minimum atomic E-state index is 1.02. The molecule has 0 saturated heterocycles. The first-order valence-corrected chi connectivity index (χ1v) is 2.56. The minimum absolute atomic E-state index is 1.02. The smallest absolute Gasteiger partial charge is 0.00940 e. The summed E-state index contributed by atoms with van der Waals surface area (Å²) in [5.74, 6) is 2.64.